The third kappa shape index (κ3) is 6.27. The molecular weight excluding hydrogens is 304 g/mol. The van der Waals surface area contributed by atoms with Gasteiger partial charge in [-0.15, -0.1) is 6.58 Å². The fraction of sp³-hybridized carbons (Fsp3) is 0.600. The van der Waals surface area contributed by atoms with E-state index in [1.54, 1.807) is 7.11 Å². The van der Waals surface area contributed by atoms with E-state index in [9.17, 15) is 0 Å². The molecule has 0 saturated carbocycles. The van der Waals surface area contributed by atoms with Gasteiger partial charge in [0, 0.05) is 0 Å². The molecule has 1 heterocycles. The molecule has 1 aliphatic rings. The summed E-state index contributed by atoms with van der Waals surface area (Å²) in [5.41, 5.74) is 1.15. The Morgan fingerprint density at radius 2 is 2.04 bits per heavy atom. The Bertz CT molecular complexity index is 495. The van der Waals surface area contributed by atoms with Gasteiger partial charge in [0.2, 0.25) is 0 Å². The van der Waals surface area contributed by atoms with Crippen molar-refractivity contribution in [3.05, 3.63) is 42.5 Å². The molecule has 0 bridgehead atoms. The molecule has 134 valence electrons. The topological polar surface area (TPSA) is 36.9 Å². The molecule has 4 nitrogen and oxygen atoms in total. The van der Waals surface area contributed by atoms with Crippen LogP contribution < -0.4 is 4.74 Å². The molecule has 1 aliphatic heterocycles. The van der Waals surface area contributed by atoms with Gasteiger partial charge in [-0.1, -0.05) is 18.2 Å². The Kier molecular flexibility index (Phi) is 7.28. The summed E-state index contributed by atoms with van der Waals surface area (Å²) in [5.74, 6) is 0.411. The first-order valence-corrected chi connectivity index (χ1v) is 8.69. The summed E-state index contributed by atoms with van der Waals surface area (Å²) < 4.78 is 22.8. The zero-order valence-electron chi connectivity index (χ0n) is 15.1. The second-order valence-electron chi connectivity index (χ2n) is 6.68. The summed E-state index contributed by atoms with van der Waals surface area (Å²) >= 11 is 0. The van der Waals surface area contributed by atoms with Crippen LogP contribution in [0.15, 0.2) is 36.9 Å². The fourth-order valence-electron chi connectivity index (χ4n) is 2.83. The predicted octanol–water partition coefficient (Wildman–Crippen LogP) is 4.48. The maximum absolute atomic E-state index is 6.13. The van der Waals surface area contributed by atoms with E-state index in [1.807, 2.05) is 44.2 Å². The molecular formula is C20H30O4. The van der Waals surface area contributed by atoms with Gasteiger partial charge in [-0.05, 0) is 57.2 Å². The Balaban J connectivity index is 1.79. The van der Waals surface area contributed by atoms with Crippen LogP contribution in [0.3, 0.4) is 0 Å². The van der Waals surface area contributed by atoms with E-state index >= 15 is 0 Å². The van der Waals surface area contributed by atoms with Gasteiger partial charge in [-0.25, -0.2) is 0 Å². The molecule has 0 aromatic heterocycles. The molecule has 1 aromatic rings. The summed E-state index contributed by atoms with van der Waals surface area (Å²) in [6.45, 7) is 9.01. The third-order valence-electron chi connectivity index (χ3n) is 4.22. The van der Waals surface area contributed by atoms with Crippen molar-refractivity contribution < 1.29 is 18.9 Å². The minimum Gasteiger partial charge on any atom is -0.497 e. The highest BCUT2D eigenvalue weighted by molar-refractivity contribution is 5.26. The highest BCUT2D eigenvalue weighted by atomic mass is 16.7. The molecule has 0 N–H and O–H groups in total. The molecule has 1 saturated heterocycles. The van der Waals surface area contributed by atoms with E-state index in [0.717, 1.165) is 37.0 Å². The summed E-state index contributed by atoms with van der Waals surface area (Å²) in [6, 6.07) is 8.01. The number of methoxy groups -OCH3 is 1. The first-order valence-electron chi connectivity index (χ1n) is 8.69. The van der Waals surface area contributed by atoms with Crippen LogP contribution in [0.25, 0.3) is 0 Å². The minimum atomic E-state index is -0.453. The number of hydrogen-bond acceptors (Lipinski definition) is 4. The van der Waals surface area contributed by atoms with Crippen LogP contribution in [0.1, 0.15) is 45.1 Å². The average Bonchev–Trinajstić information content (AvgIpc) is 2.93. The summed E-state index contributed by atoms with van der Waals surface area (Å²) in [4.78, 5) is 0. The number of allylic oxidation sites excluding steroid dienone is 1. The van der Waals surface area contributed by atoms with Crippen LogP contribution in [0.2, 0.25) is 0 Å². The molecule has 1 aromatic carbocycles. The Labute approximate surface area is 145 Å². The molecule has 0 amide bonds. The van der Waals surface area contributed by atoms with E-state index in [0.29, 0.717) is 13.2 Å². The Morgan fingerprint density at radius 1 is 1.29 bits per heavy atom. The molecule has 2 atom stereocenters. The molecule has 2 rings (SSSR count). The lowest BCUT2D eigenvalue weighted by molar-refractivity contribution is -0.139. The van der Waals surface area contributed by atoms with Gasteiger partial charge in [-0.3, -0.25) is 0 Å². The van der Waals surface area contributed by atoms with Gasteiger partial charge in [0.25, 0.3) is 0 Å². The largest absolute Gasteiger partial charge is 0.497 e. The van der Waals surface area contributed by atoms with E-state index in [4.69, 9.17) is 18.9 Å². The molecule has 4 heteroatoms. The number of hydrogen-bond donors (Lipinski definition) is 0. The maximum atomic E-state index is 6.13. The second kappa shape index (κ2) is 9.21. The van der Waals surface area contributed by atoms with Crippen molar-refractivity contribution in [2.75, 3.05) is 13.7 Å². The van der Waals surface area contributed by atoms with Crippen molar-refractivity contribution in [2.24, 2.45) is 0 Å². The van der Waals surface area contributed by atoms with Crippen molar-refractivity contribution in [1.82, 2.24) is 0 Å². The van der Waals surface area contributed by atoms with Gasteiger partial charge in [0.15, 0.2) is 5.79 Å². The zero-order valence-corrected chi connectivity index (χ0v) is 15.1. The van der Waals surface area contributed by atoms with Gasteiger partial charge in [-0.2, -0.15) is 0 Å². The number of benzene rings is 1. The molecule has 0 unspecified atom stereocenters. The van der Waals surface area contributed by atoms with Gasteiger partial charge >= 0.3 is 0 Å². The van der Waals surface area contributed by atoms with E-state index in [-0.39, 0.29) is 12.2 Å². The van der Waals surface area contributed by atoms with E-state index in [2.05, 4.69) is 6.58 Å². The highest BCUT2D eigenvalue weighted by Gasteiger charge is 2.32. The van der Waals surface area contributed by atoms with E-state index < -0.39 is 5.79 Å². The molecule has 24 heavy (non-hydrogen) atoms. The van der Waals surface area contributed by atoms with Crippen molar-refractivity contribution in [3.63, 3.8) is 0 Å². The van der Waals surface area contributed by atoms with Crippen molar-refractivity contribution >= 4 is 0 Å². The number of ether oxygens (including phenoxy) is 4. The third-order valence-corrected chi connectivity index (χ3v) is 4.22. The van der Waals surface area contributed by atoms with Crippen LogP contribution in [-0.4, -0.2) is 31.7 Å². The molecule has 0 radical (unpaired) electrons. The fourth-order valence-corrected chi connectivity index (χ4v) is 2.83. The first kappa shape index (κ1) is 19.0. The Hall–Kier alpha value is -1.36. The standard InChI is InChI=1S/C20H30O4/c1-5-6-7-18(12-13-19-15-23-20(2,3)24-19)22-14-16-8-10-17(21-4)11-9-16/h5,8-11,18-19H,1,6-7,12-15H2,2-4H3/t18-,19-/m0/s1. The van der Waals surface area contributed by atoms with Crippen LogP contribution >= 0.6 is 0 Å². The summed E-state index contributed by atoms with van der Waals surface area (Å²) in [7, 11) is 1.67. The van der Waals surface area contributed by atoms with Gasteiger partial charge in [0.1, 0.15) is 5.75 Å². The number of rotatable bonds is 10. The SMILES string of the molecule is C=CCC[C@@H](CC[C@H]1COC(C)(C)O1)OCc1ccc(OC)cc1. The van der Waals surface area contributed by atoms with Crippen LogP contribution in [0, 0.1) is 0 Å². The maximum Gasteiger partial charge on any atom is 0.163 e. The normalized spacial score (nSPS) is 20.7. The van der Waals surface area contributed by atoms with Crippen molar-refractivity contribution in [2.45, 2.75) is 64.1 Å². The van der Waals surface area contributed by atoms with Crippen molar-refractivity contribution in [1.29, 1.82) is 0 Å². The molecule has 0 spiro atoms. The zero-order chi connectivity index (χ0) is 17.4. The lowest BCUT2D eigenvalue weighted by atomic mass is 10.1. The smallest absolute Gasteiger partial charge is 0.163 e. The molecule has 0 aliphatic carbocycles. The molecule has 1 fully saturated rings. The quantitative estimate of drug-likeness (QED) is 0.591. The van der Waals surface area contributed by atoms with Crippen LogP contribution in [-0.2, 0) is 20.8 Å². The lowest BCUT2D eigenvalue weighted by Crippen LogP contribution is -2.22. The lowest BCUT2D eigenvalue weighted by Gasteiger charge is -2.20. The minimum absolute atomic E-state index is 0.163. The highest BCUT2D eigenvalue weighted by Crippen LogP contribution is 2.26. The second-order valence-corrected chi connectivity index (χ2v) is 6.68. The van der Waals surface area contributed by atoms with Crippen LogP contribution in [0.5, 0.6) is 5.75 Å². The van der Waals surface area contributed by atoms with Gasteiger partial charge in [0.05, 0.1) is 32.5 Å². The monoisotopic (exact) mass is 334 g/mol. The van der Waals surface area contributed by atoms with E-state index in [1.165, 1.54) is 0 Å². The predicted molar refractivity (Wildman–Crippen MR) is 95.1 cm³/mol. The Morgan fingerprint density at radius 3 is 2.62 bits per heavy atom. The summed E-state index contributed by atoms with van der Waals surface area (Å²) in [5, 5.41) is 0. The van der Waals surface area contributed by atoms with Crippen LogP contribution in [0.4, 0.5) is 0 Å². The average molecular weight is 334 g/mol. The summed E-state index contributed by atoms with van der Waals surface area (Å²) in [6.07, 6.45) is 6.18. The first-order chi connectivity index (χ1) is 11.5. The van der Waals surface area contributed by atoms with Gasteiger partial charge < -0.3 is 18.9 Å². The van der Waals surface area contributed by atoms with Crippen molar-refractivity contribution in [3.8, 4) is 5.75 Å².